The van der Waals surface area contributed by atoms with Crippen LogP contribution in [0.25, 0.3) is 22.5 Å². The van der Waals surface area contributed by atoms with E-state index in [1.165, 1.54) is 0 Å². The van der Waals surface area contributed by atoms with Gasteiger partial charge in [-0.1, -0.05) is 63.3 Å². The second-order valence-corrected chi connectivity index (χ2v) is 14.0. The lowest BCUT2D eigenvalue weighted by atomic mass is 9.99. The van der Waals surface area contributed by atoms with Gasteiger partial charge in [0, 0.05) is 34.4 Å². The van der Waals surface area contributed by atoms with Gasteiger partial charge in [0.15, 0.2) is 0 Å². The Balaban J connectivity index is 1.23. The topological polar surface area (TPSA) is 132 Å². The van der Waals surface area contributed by atoms with Gasteiger partial charge in [0.25, 0.3) is 0 Å². The van der Waals surface area contributed by atoms with Crippen molar-refractivity contribution in [3.8, 4) is 39.8 Å². The van der Waals surface area contributed by atoms with Crippen LogP contribution in [0.2, 0.25) is 0 Å². The average Bonchev–Trinajstić information content (AvgIpc) is 3.23. The van der Waals surface area contributed by atoms with Gasteiger partial charge < -0.3 is 28.4 Å². The van der Waals surface area contributed by atoms with E-state index in [4.69, 9.17) is 28.4 Å². The Morgan fingerprint density at radius 3 is 1.72 bits per heavy atom. The van der Waals surface area contributed by atoms with Crippen LogP contribution in [0.5, 0.6) is 17.2 Å². The van der Waals surface area contributed by atoms with Crippen LogP contribution in [0.1, 0.15) is 64.9 Å². The van der Waals surface area contributed by atoms with E-state index in [1.807, 2.05) is 72.8 Å². The predicted octanol–water partition coefficient (Wildman–Crippen LogP) is 9.46. The van der Waals surface area contributed by atoms with E-state index in [2.05, 4.69) is 29.7 Å². The molecule has 0 saturated heterocycles. The van der Waals surface area contributed by atoms with Crippen LogP contribution in [0.3, 0.4) is 0 Å². The quantitative estimate of drug-likeness (QED) is 0.0275. The van der Waals surface area contributed by atoms with Crippen molar-refractivity contribution in [2.75, 3.05) is 33.0 Å². The highest BCUT2D eigenvalue weighted by Gasteiger charge is 2.17. The highest BCUT2D eigenvalue weighted by Crippen LogP contribution is 2.30. The maximum atomic E-state index is 12.3. The Bertz CT molecular complexity index is 1950. The number of carbonyl (C=O) groups excluding carboxylic acids is 3. The van der Waals surface area contributed by atoms with Gasteiger partial charge >= 0.3 is 17.9 Å². The number of nitrogens with zero attached hydrogens (tertiary/aromatic N) is 2. The third-order valence-corrected chi connectivity index (χ3v) is 8.83. The molecular weight excluding hydrogens is 737 g/mol. The molecule has 0 saturated carbocycles. The van der Waals surface area contributed by atoms with Gasteiger partial charge in [-0.05, 0) is 99.7 Å². The fourth-order valence-corrected chi connectivity index (χ4v) is 5.50. The van der Waals surface area contributed by atoms with Crippen molar-refractivity contribution in [1.29, 1.82) is 0 Å². The zero-order valence-electron chi connectivity index (χ0n) is 33.8. The maximum absolute atomic E-state index is 12.3. The van der Waals surface area contributed by atoms with Crippen LogP contribution in [-0.4, -0.2) is 60.9 Å². The Morgan fingerprint density at radius 1 is 0.586 bits per heavy atom. The molecule has 0 atom stereocenters. The lowest BCUT2D eigenvalue weighted by Gasteiger charge is -2.18. The number of unbranched alkanes of at least 4 members (excludes halogenated alkanes) is 4. The molecule has 0 unspecified atom stereocenters. The zero-order valence-corrected chi connectivity index (χ0v) is 33.8. The van der Waals surface area contributed by atoms with Crippen molar-refractivity contribution in [1.82, 2.24) is 9.97 Å². The highest BCUT2D eigenvalue weighted by molar-refractivity contribution is 5.88. The molecule has 11 heteroatoms. The molecule has 2 aromatic carbocycles. The van der Waals surface area contributed by atoms with E-state index in [-0.39, 0.29) is 36.9 Å². The summed E-state index contributed by atoms with van der Waals surface area (Å²) in [6.07, 6.45) is 8.96. The van der Waals surface area contributed by atoms with Gasteiger partial charge in [-0.3, -0.25) is 9.97 Å². The van der Waals surface area contributed by atoms with Gasteiger partial charge in [-0.25, -0.2) is 14.4 Å². The van der Waals surface area contributed by atoms with E-state index in [9.17, 15) is 14.4 Å². The fourth-order valence-electron chi connectivity index (χ4n) is 5.50. The number of ether oxygens (including phenoxy) is 6. The lowest BCUT2D eigenvalue weighted by molar-refractivity contribution is -0.144. The molecule has 0 bridgehead atoms. The molecule has 4 aromatic rings. The SMILES string of the molecule is C=C(C)C(=O)OCc1cc(OCCCCCCCOc2ccc(-c3ccccn3)nc2)ccc1-c1ccc(OCCC(COC(=O)C(=C)C)COC(=O)C(=C)C)cc1. The van der Waals surface area contributed by atoms with E-state index < -0.39 is 17.9 Å². The third kappa shape index (κ3) is 15.4. The van der Waals surface area contributed by atoms with Crippen LogP contribution >= 0.6 is 0 Å². The summed E-state index contributed by atoms with van der Waals surface area (Å²) in [5.41, 5.74) is 5.11. The third-order valence-electron chi connectivity index (χ3n) is 8.83. The van der Waals surface area contributed by atoms with E-state index in [1.54, 1.807) is 33.2 Å². The first-order valence-corrected chi connectivity index (χ1v) is 19.5. The minimum atomic E-state index is -0.510. The number of benzene rings is 2. The van der Waals surface area contributed by atoms with Crippen LogP contribution in [0, 0.1) is 5.92 Å². The van der Waals surface area contributed by atoms with Crippen molar-refractivity contribution in [2.45, 2.75) is 65.9 Å². The molecule has 306 valence electrons. The minimum Gasteiger partial charge on any atom is -0.494 e. The second-order valence-electron chi connectivity index (χ2n) is 14.0. The summed E-state index contributed by atoms with van der Waals surface area (Å²) in [7, 11) is 0. The largest absolute Gasteiger partial charge is 0.494 e. The summed E-state index contributed by atoms with van der Waals surface area (Å²) in [6, 6.07) is 22.9. The minimum absolute atomic E-state index is 0.0512. The molecule has 0 aliphatic carbocycles. The standard InChI is InChI=1S/C47H54N2O9/c1-33(2)45(50)56-30-36(31-57-46(51)34(3)4)23-27-55-39-17-15-37(16-18-39)42-21-19-40(28-38(42)32-58-47(52)35(5)6)53-25-12-8-7-9-13-26-54-41-20-22-44(49-29-41)43-14-10-11-24-48-43/h10-11,14-22,24,28-29,36H,1,3,5,7-9,12-13,23,25-27,30-32H2,2,4,6H3. The Morgan fingerprint density at radius 2 is 1.14 bits per heavy atom. The summed E-state index contributed by atoms with van der Waals surface area (Å²) in [6.45, 7) is 17.3. The number of pyridine rings is 2. The molecule has 0 aliphatic rings. The Kier molecular flexibility index (Phi) is 18.2. The predicted molar refractivity (Wildman–Crippen MR) is 223 cm³/mol. The smallest absolute Gasteiger partial charge is 0.333 e. The number of hydrogen-bond acceptors (Lipinski definition) is 11. The molecule has 0 amide bonds. The van der Waals surface area contributed by atoms with Crippen molar-refractivity contribution < 1.29 is 42.8 Å². The Hall–Kier alpha value is -6.23. The first-order valence-electron chi connectivity index (χ1n) is 19.5. The van der Waals surface area contributed by atoms with Gasteiger partial charge in [-0.2, -0.15) is 0 Å². The monoisotopic (exact) mass is 790 g/mol. The zero-order chi connectivity index (χ0) is 41.7. The molecule has 2 aromatic heterocycles. The van der Waals surface area contributed by atoms with Crippen LogP contribution in [0.4, 0.5) is 0 Å². The Labute approximate surface area is 341 Å². The molecule has 0 radical (unpaired) electrons. The molecule has 58 heavy (non-hydrogen) atoms. The van der Waals surface area contributed by atoms with Crippen LogP contribution in [-0.2, 0) is 35.2 Å². The molecule has 0 spiro atoms. The van der Waals surface area contributed by atoms with Crippen molar-refractivity contribution in [3.63, 3.8) is 0 Å². The maximum Gasteiger partial charge on any atom is 0.333 e. The average molecular weight is 791 g/mol. The molecule has 0 aliphatic heterocycles. The van der Waals surface area contributed by atoms with Gasteiger partial charge in [0.1, 0.15) is 23.9 Å². The van der Waals surface area contributed by atoms with Crippen molar-refractivity contribution in [3.05, 3.63) is 127 Å². The number of aromatic nitrogens is 2. The summed E-state index contributed by atoms with van der Waals surface area (Å²) in [4.78, 5) is 44.9. The summed E-state index contributed by atoms with van der Waals surface area (Å²) in [5, 5.41) is 0. The molecule has 11 nitrogen and oxygen atoms in total. The summed E-state index contributed by atoms with van der Waals surface area (Å²) in [5.74, 6) is 0.302. The van der Waals surface area contributed by atoms with Crippen molar-refractivity contribution >= 4 is 17.9 Å². The summed E-state index contributed by atoms with van der Waals surface area (Å²) >= 11 is 0. The van der Waals surface area contributed by atoms with Gasteiger partial charge in [-0.15, -0.1) is 0 Å². The number of carbonyl (C=O) groups is 3. The van der Waals surface area contributed by atoms with E-state index in [0.29, 0.717) is 43.3 Å². The molecule has 0 N–H and O–H groups in total. The number of rotatable bonds is 25. The van der Waals surface area contributed by atoms with Crippen LogP contribution < -0.4 is 14.2 Å². The number of esters is 3. The molecular formula is C47H54N2O9. The van der Waals surface area contributed by atoms with Gasteiger partial charge in [0.05, 0.1) is 50.6 Å². The normalized spacial score (nSPS) is 10.7. The molecule has 4 rings (SSSR count). The fraction of sp³-hybridized carbons (Fsp3) is 0.340. The van der Waals surface area contributed by atoms with E-state index >= 15 is 0 Å². The molecule has 0 fully saturated rings. The van der Waals surface area contributed by atoms with E-state index in [0.717, 1.165) is 65.9 Å². The summed E-state index contributed by atoms with van der Waals surface area (Å²) < 4.78 is 34.1. The lowest BCUT2D eigenvalue weighted by Crippen LogP contribution is -2.23. The second kappa shape index (κ2) is 23.7. The first-order chi connectivity index (χ1) is 28.0. The molecule has 2 heterocycles. The van der Waals surface area contributed by atoms with Crippen molar-refractivity contribution in [2.24, 2.45) is 5.92 Å². The van der Waals surface area contributed by atoms with Gasteiger partial charge in [0.2, 0.25) is 0 Å². The first kappa shape index (κ1) is 44.5. The van der Waals surface area contributed by atoms with Crippen LogP contribution in [0.15, 0.2) is 122 Å². The highest BCUT2D eigenvalue weighted by atomic mass is 16.5. The number of hydrogen-bond donors (Lipinski definition) is 0.